The van der Waals surface area contributed by atoms with Gasteiger partial charge in [0.15, 0.2) is 5.16 Å². The maximum atomic E-state index is 13.1. The second kappa shape index (κ2) is 7.12. The van der Waals surface area contributed by atoms with Gasteiger partial charge in [0.25, 0.3) is 0 Å². The number of likely N-dealkylation sites (tertiary alicyclic amines) is 1. The summed E-state index contributed by atoms with van der Waals surface area (Å²) in [5.41, 5.74) is 0.793. The van der Waals surface area contributed by atoms with Crippen molar-refractivity contribution in [1.29, 1.82) is 0 Å². The molecule has 5 nitrogen and oxygen atoms in total. The molecule has 2 heterocycles. The van der Waals surface area contributed by atoms with Crippen molar-refractivity contribution in [1.82, 2.24) is 19.7 Å². The number of carbonyl (C=O) groups excluding carboxylic acids is 1. The number of aromatic nitrogens is 3. The Morgan fingerprint density at radius 2 is 1.87 bits per heavy atom. The van der Waals surface area contributed by atoms with Crippen LogP contribution in [0.25, 0.3) is 5.69 Å². The van der Waals surface area contributed by atoms with Crippen LogP contribution in [0.4, 0.5) is 4.39 Å². The van der Waals surface area contributed by atoms with Gasteiger partial charge in [0.05, 0.1) is 5.75 Å². The quantitative estimate of drug-likeness (QED) is 0.807. The Morgan fingerprint density at radius 1 is 1.17 bits per heavy atom. The Morgan fingerprint density at radius 3 is 2.57 bits per heavy atom. The number of nitrogens with zero attached hydrogens (tertiary/aromatic N) is 4. The highest BCUT2D eigenvalue weighted by atomic mass is 32.2. The van der Waals surface area contributed by atoms with E-state index in [2.05, 4.69) is 10.2 Å². The van der Waals surface area contributed by atoms with Crippen molar-refractivity contribution in [2.45, 2.75) is 31.3 Å². The Hall–Kier alpha value is -1.89. The third-order valence-corrected chi connectivity index (χ3v) is 4.83. The van der Waals surface area contributed by atoms with Crippen molar-refractivity contribution in [2.24, 2.45) is 0 Å². The van der Waals surface area contributed by atoms with Crippen LogP contribution >= 0.6 is 11.8 Å². The Kier molecular flexibility index (Phi) is 4.95. The number of benzene rings is 1. The van der Waals surface area contributed by atoms with Crippen molar-refractivity contribution in [2.75, 3.05) is 18.8 Å². The first-order valence-corrected chi connectivity index (χ1v) is 8.72. The highest BCUT2D eigenvalue weighted by molar-refractivity contribution is 7.99. The van der Waals surface area contributed by atoms with Gasteiger partial charge >= 0.3 is 0 Å². The predicted octanol–water partition coefficient (Wildman–Crippen LogP) is 2.82. The van der Waals surface area contributed by atoms with E-state index in [1.165, 1.54) is 30.3 Å². The molecule has 1 amide bonds. The number of hydrogen-bond acceptors (Lipinski definition) is 4. The molecule has 0 unspecified atom stereocenters. The van der Waals surface area contributed by atoms with Crippen LogP contribution in [0, 0.1) is 12.7 Å². The second-order valence-electron chi connectivity index (χ2n) is 5.57. The minimum Gasteiger partial charge on any atom is -0.342 e. The average Bonchev–Trinajstić information content (AvgIpc) is 2.95. The summed E-state index contributed by atoms with van der Waals surface area (Å²) in [7, 11) is 0. The first-order chi connectivity index (χ1) is 11.1. The average molecular weight is 334 g/mol. The number of thioether (sulfide) groups is 1. The van der Waals surface area contributed by atoms with E-state index in [1.807, 2.05) is 16.4 Å². The number of aryl methyl sites for hydroxylation is 1. The van der Waals surface area contributed by atoms with E-state index in [9.17, 15) is 9.18 Å². The fraction of sp³-hybridized carbons (Fsp3) is 0.438. The molecule has 0 saturated carbocycles. The maximum Gasteiger partial charge on any atom is 0.233 e. The van der Waals surface area contributed by atoms with Gasteiger partial charge < -0.3 is 4.90 Å². The zero-order valence-electron chi connectivity index (χ0n) is 13.0. The van der Waals surface area contributed by atoms with Gasteiger partial charge in [0.2, 0.25) is 5.91 Å². The maximum absolute atomic E-state index is 13.1. The third-order valence-electron chi connectivity index (χ3n) is 3.91. The first kappa shape index (κ1) is 16.0. The molecule has 1 aromatic carbocycles. The molecule has 1 saturated heterocycles. The van der Waals surface area contributed by atoms with Gasteiger partial charge in [-0.25, -0.2) is 4.39 Å². The van der Waals surface area contributed by atoms with Gasteiger partial charge in [0, 0.05) is 18.8 Å². The predicted molar refractivity (Wildman–Crippen MR) is 87.2 cm³/mol. The molecule has 0 aliphatic carbocycles. The number of rotatable bonds is 4. The van der Waals surface area contributed by atoms with Crippen LogP contribution in [0.2, 0.25) is 0 Å². The van der Waals surface area contributed by atoms with E-state index in [0.717, 1.165) is 31.6 Å². The summed E-state index contributed by atoms with van der Waals surface area (Å²) in [6, 6.07) is 6.18. The topological polar surface area (TPSA) is 51.0 Å². The zero-order chi connectivity index (χ0) is 16.2. The molecule has 1 aliphatic heterocycles. The lowest BCUT2D eigenvalue weighted by Crippen LogP contribution is -2.36. The fourth-order valence-corrected chi connectivity index (χ4v) is 3.59. The SMILES string of the molecule is Cc1nnc(SCC(=O)N2CCCCC2)n1-c1ccc(F)cc1. The number of hydrogen-bond donors (Lipinski definition) is 0. The van der Waals surface area contributed by atoms with Crippen molar-refractivity contribution in [3.05, 3.63) is 35.9 Å². The second-order valence-corrected chi connectivity index (χ2v) is 6.51. The van der Waals surface area contributed by atoms with E-state index >= 15 is 0 Å². The summed E-state index contributed by atoms with van der Waals surface area (Å²) >= 11 is 1.37. The normalized spacial score (nSPS) is 15.0. The summed E-state index contributed by atoms with van der Waals surface area (Å²) in [5, 5.41) is 8.87. The molecule has 7 heteroatoms. The molecule has 0 radical (unpaired) electrons. The van der Waals surface area contributed by atoms with Crippen molar-refractivity contribution < 1.29 is 9.18 Å². The fourth-order valence-electron chi connectivity index (χ4n) is 2.68. The molecule has 1 aromatic heterocycles. The Labute approximate surface area is 138 Å². The largest absolute Gasteiger partial charge is 0.342 e. The minimum absolute atomic E-state index is 0.140. The Bertz CT molecular complexity index is 680. The Balaban J connectivity index is 1.71. The van der Waals surface area contributed by atoms with Crippen LogP contribution < -0.4 is 0 Å². The van der Waals surface area contributed by atoms with Crippen LogP contribution in [0.3, 0.4) is 0 Å². The highest BCUT2D eigenvalue weighted by Crippen LogP contribution is 2.23. The van der Waals surface area contributed by atoms with Gasteiger partial charge in [-0.05, 0) is 50.5 Å². The third kappa shape index (κ3) is 3.72. The monoisotopic (exact) mass is 334 g/mol. The summed E-state index contributed by atoms with van der Waals surface area (Å²) in [4.78, 5) is 14.2. The van der Waals surface area contributed by atoms with Gasteiger partial charge in [-0.15, -0.1) is 10.2 Å². The standard InChI is InChI=1S/C16H19FN4OS/c1-12-18-19-16(21(12)14-7-5-13(17)6-8-14)23-11-15(22)20-9-3-2-4-10-20/h5-8H,2-4,9-11H2,1H3. The van der Waals surface area contributed by atoms with Gasteiger partial charge in [-0.2, -0.15) is 0 Å². The van der Waals surface area contributed by atoms with Crippen molar-refractivity contribution in [3.63, 3.8) is 0 Å². The molecule has 1 fully saturated rings. The summed E-state index contributed by atoms with van der Waals surface area (Å²) in [6.45, 7) is 3.54. The lowest BCUT2D eigenvalue weighted by molar-refractivity contribution is -0.129. The lowest BCUT2D eigenvalue weighted by atomic mass is 10.1. The number of halogens is 1. The molecular formula is C16H19FN4OS. The molecule has 122 valence electrons. The number of carbonyl (C=O) groups is 1. The van der Waals surface area contributed by atoms with Crippen molar-refractivity contribution >= 4 is 17.7 Å². The number of amides is 1. The molecule has 0 N–H and O–H groups in total. The molecule has 0 spiro atoms. The molecule has 23 heavy (non-hydrogen) atoms. The summed E-state index contributed by atoms with van der Waals surface area (Å²) in [6.07, 6.45) is 3.37. The van der Waals surface area contributed by atoms with Crippen LogP contribution in [-0.4, -0.2) is 44.4 Å². The van der Waals surface area contributed by atoms with Crippen LogP contribution in [0.5, 0.6) is 0 Å². The van der Waals surface area contributed by atoms with Gasteiger partial charge in [-0.1, -0.05) is 11.8 Å². The molecule has 1 aliphatic rings. The van der Waals surface area contributed by atoms with Gasteiger partial charge in [0.1, 0.15) is 11.6 Å². The minimum atomic E-state index is -0.283. The van der Waals surface area contributed by atoms with Crippen molar-refractivity contribution in [3.8, 4) is 5.69 Å². The molecule has 2 aromatic rings. The summed E-state index contributed by atoms with van der Waals surface area (Å²) < 4.78 is 14.9. The molecular weight excluding hydrogens is 315 g/mol. The zero-order valence-corrected chi connectivity index (χ0v) is 13.9. The van der Waals surface area contributed by atoms with E-state index < -0.39 is 0 Å². The van der Waals surface area contributed by atoms with E-state index in [0.29, 0.717) is 16.7 Å². The van der Waals surface area contributed by atoms with Crippen LogP contribution in [0.15, 0.2) is 29.4 Å². The van der Waals surface area contributed by atoms with E-state index in [-0.39, 0.29) is 11.7 Å². The molecule has 0 bridgehead atoms. The molecule has 3 rings (SSSR count). The smallest absolute Gasteiger partial charge is 0.233 e. The van der Waals surface area contributed by atoms with Gasteiger partial charge in [-0.3, -0.25) is 9.36 Å². The summed E-state index contributed by atoms with van der Waals surface area (Å²) in [5.74, 6) is 0.916. The lowest BCUT2D eigenvalue weighted by Gasteiger charge is -2.26. The van der Waals surface area contributed by atoms with Crippen LogP contribution in [0.1, 0.15) is 25.1 Å². The highest BCUT2D eigenvalue weighted by Gasteiger charge is 2.19. The van der Waals surface area contributed by atoms with E-state index in [4.69, 9.17) is 0 Å². The van der Waals surface area contributed by atoms with Crippen LogP contribution in [-0.2, 0) is 4.79 Å². The van der Waals surface area contributed by atoms with E-state index in [1.54, 1.807) is 12.1 Å². The molecule has 0 atom stereocenters. The number of piperidine rings is 1. The first-order valence-electron chi connectivity index (χ1n) is 7.73.